The molecular formula is C8H14INPb. The first-order valence-corrected chi connectivity index (χ1v) is 4.56. The first-order valence-electron chi connectivity index (χ1n) is 3.03. The summed E-state index contributed by atoms with van der Waals surface area (Å²) in [4.78, 5) is 0. The summed E-state index contributed by atoms with van der Waals surface area (Å²) >= 11 is 2.39. The zero-order valence-corrected chi connectivity index (χ0v) is 14.2. The van der Waals surface area contributed by atoms with E-state index in [1.807, 2.05) is 0 Å². The van der Waals surface area contributed by atoms with Crippen LogP contribution in [0.5, 0.6) is 0 Å². The molecular weight excluding hydrogens is 444 g/mol. The zero-order chi connectivity index (χ0) is 6.53. The SMILES string of the molecule is ICCc1ccccc1.N.[PbH2]. The van der Waals surface area contributed by atoms with E-state index in [-0.39, 0.29) is 33.4 Å². The zero-order valence-electron chi connectivity index (χ0n) is 6.59. The van der Waals surface area contributed by atoms with Crippen molar-refractivity contribution in [3.05, 3.63) is 35.9 Å². The van der Waals surface area contributed by atoms with Crippen molar-refractivity contribution in [2.24, 2.45) is 0 Å². The minimum atomic E-state index is 0. The second-order valence-corrected chi connectivity index (χ2v) is 3.00. The van der Waals surface area contributed by atoms with E-state index in [1.165, 1.54) is 16.4 Å². The fourth-order valence-electron chi connectivity index (χ4n) is 0.754. The van der Waals surface area contributed by atoms with Crippen molar-refractivity contribution in [1.29, 1.82) is 0 Å². The first kappa shape index (κ1) is 14.4. The van der Waals surface area contributed by atoms with Crippen LogP contribution in [-0.2, 0) is 6.42 Å². The summed E-state index contributed by atoms with van der Waals surface area (Å²) in [6.45, 7) is 0. The molecule has 0 atom stereocenters. The summed E-state index contributed by atoms with van der Waals surface area (Å²) < 4.78 is 1.21. The summed E-state index contributed by atoms with van der Waals surface area (Å²) in [7, 11) is 0. The molecule has 1 aromatic carbocycles. The molecule has 0 aromatic heterocycles. The average Bonchev–Trinajstić information content (AvgIpc) is 1.91. The van der Waals surface area contributed by atoms with Crippen molar-refractivity contribution >= 4 is 49.9 Å². The maximum atomic E-state index is 2.39. The molecule has 0 saturated carbocycles. The normalized spacial score (nSPS) is 7.73. The molecule has 3 heteroatoms. The summed E-state index contributed by atoms with van der Waals surface area (Å²) in [5.41, 5.74) is 1.44. The van der Waals surface area contributed by atoms with Gasteiger partial charge in [-0.2, -0.15) is 0 Å². The number of alkyl halides is 1. The van der Waals surface area contributed by atoms with E-state index in [0.29, 0.717) is 0 Å². The van der Waals surface area contributed by atoms with Gasteiger partial charge < -0.3 is 6.15 Å². The van der Waals surface area contributed by atoms with Crippen LogP contribution in [0.3, 0.4) is 0 Å². The van der Waals surface area contributed by atoms with Crippen LogP contribution in [0, 0.1) is 0 Å². The van der Waals surface area contributed by atoms with Crippen molar-refractivity contribution in [3.63, 3.8) is 0 Å². The van der Waals surface area contributed by atoms with E-state index in [4.69, 9.17) is 0 Å². The standard InChI is InChI=1S/C8H9I.H3N.Pb.2H/c9-7-6-8-4-2-1-3-5-8;;;;/h1-5H,6-7H2;1H3;;;. The van der Waals surface area contributed by atoms with Crippen LogP contribution in [0.15, 0.2) is 30.3 Å². The third kappa shape index (κ3) is 6.04. The maximum absolute atomic E-state index is 2.39. The summed E-state index contributed by atoms with van der Waals surface area (Å²) in [6.07, 6.45) is 1.20. The molecule has 0 saturated heterocycles. The number of rotatable bonds is 2. The Morgan fingerprint density at radius 2 is 1.64 bits per heavy atom. The van der Waals surface area contributed by atoms with E-state index < -0.39 is 0 Å². The van der Waals surface area contributed by atoms with Gasteiger partial charge in [-0.1, -0.05) is 52.9 Å². The van der Waals surface area contributed by atoms with Gasteiger partial charge in [0.1, 0.15) is 0 Å². The van der Waals surface area contributed by atoms with Crippen LogP contribution in [0.1, 0.15) is 5.56 Å². The van der Waals surface area contributed by atoms with Gasteiger partial charge in [0.2, 0.25) is 0 Å². The van der Waals surface area contributed by atoms with Gasteiger partial charge in [0, 0.05) is 4.43 Å². The Morgan fingerprint density at radius 1 is 1.09 bits per heavy atom. The second-order valence-electron chi connectivity index (χ2n) is 1.92. The molecule has 1 nitrogen and oxygen atoms in total. The summed E-state index contributed by atoms with van der Waals surface area (Å²) in [5.74, 6) is 0. The Labute approximate surface area is 102 Å². The third-order valence-electron chi connectivity index (χ3n) is 1.23. The Morgan fingerprint density at radius 3 is 2.09 bits per heavy atom. The predicted octanol–water partition coefficient (Wildman–Crippen LogP) is 1.91. The van der Waals surface area contributed by atoms with E-state index in [9.17, 15) is 0 Å². The van der Waals surface area contributed by atoms with Gasteiger partial charge in [-0.05, 0) is 12.0 Å². The van der Waals surface area contributed by atoms with E-state index >= 15 is 0 Å². The molecule has 0 aliphatic heterocycles. The van der Waals surface area contributed by atoms with Crippen LogP contribution in [0.25, 0.3) is 0 Å². The van der Waals surface area contributed by atoms with Crippen LogP contribution >= 0.6 is 22.6 Å². The van der Waals surface area contributed by atoms with Gasteiger partial charge in [0.15, 0.2) is 0 Å². The average molecular weight is 458 g/mol. The van der Waals surface area contributed by atoms with Crippen LogP contribution < -0.4 is 6.15 Å². The van der Waals surface area contributed by atoms with Crippen LogP contribution in [0.2, 0.25) is 0 Å². The van der Waals surface area contributed by atoms with E-state index in [0.717, 1.165) is 0 Å². The van der Waals surface area contributed by atoms with Crippen LogP contribution in [-0.4, -0.2) is 31.7 Å². The van der Waals surface area contributed by atoms with E-state index in [2.05, 4.69) is 52.9 Å². The van der Waals surface area contributed by atoms with Gasteiger partial charge in [0.05, 0.1) is 0 Å². The number of hydrogen-bond acceptors (Lipinski definition) is 1. The number of aryl methyl sites for hydroxylation is 1. The number of benzene rings is 1. The molecule has 0 fully saturated rings. The number of halogens is 1. The van der Waals surface area contributed by atoms with Gasteiger partial charge >= 0.3 is 27.3 Å². The van der Waals surface area contributed by atoms with Crippen molar-refractivity contribution < 1.29 is 0 Å². The van der Waals surface area contributed by atoms with Crippen molar-refractivity contribution in [1.82, 2.24) is 6.15 Å². The van der Waals surface area contributed by atoms with Crippen molar-refractivity contribution in [3.8, 4) is 0 Å². The Kier molecular flexibility index (Phi) is 11.7. The molecule has 0 spiro atoms. The molecule has 1 rings (SSSR count). The topological polar surface area (TPSA) is 35.0 Å². The first-order chi connectivity index (χ1) is 4.43. The van der Waals surface area contributed by atoms with Crippen LogP contribution in [0.4, 0.5) is 0 Å². The summed E-state index contributed by atoms with van der Waals surface area (Å²) in [5, 5.41) is 0. The fourth-order valence-corrected chi connectivity index (χ4v) is 1.38. The monoisotopic (exact) mass is 459 g/mol. The second kappa shape index (κ2) is 8.92. The van der Waals surface area contributed by atoms with E-state index in [1.54, 1.807) is 0 Å². The molecule has 0 bridgehead atoms. The van der Waals surface area contributed by atoms with Gasteiger partial charge in [-0.25, -0.2) is 0 Å². The molecule has 0 amide bonds. The molecule has 3 N–H and O–H groups in total. The molecule has 0 aliphatic carbocycles. The van der Waals surface area contributed by atoms with Gasteiger partial charge in [0.25, 0.3) is 0 Å². The Hall–Kier alpha value is 0.832. The molecule has 1 aromatic rings. The Balaban J connectivity index is 0. The molecule has 62 valence electrons. The minimum absolute atomic E-state index is 0. The third-order valence-corrected chi connectivity index (χ3v) is 1.77. The number of hydrogen-bond donors (Lipinski definition) is 1. The van der Waals surface area contributed by atoms with Gasteiger partial charge in [-0.15, -0.1) is 0 Å². The Bertz CT molecular complexity index is 167. The fraction of sp³-hybridized carbons (Fsp3) is 0.250. The van der Waals surface area contributed by atoms with Crippen molar-refractivity contribution in [2.75, 3.05) is 4.43 Å². The molecule has 0 aliphatic rings. The molecule has 0 heterocycles. The predicted molar refractivity (Wildman–Crippen MR) is 62.6 cm³/mol. The molecule has 11 heavy (non-hydrogen) atoms. The molecule has 0 unspecified atom stereocenters. The molecule has 2 radical (unpaired) electrons. The van der Waals surface area contributed by atoms with Gasteiger partial charge in [-0.3, -0.25) is 0 Å². The summed E-state index contributed by atoms with van der Waals surface area (Å²) in [6, 6.07) is 10.6. The quantitative estimate of drug-likeness (QED) is 0.411. The van der Waals surface area contributed by atoms with Crippen molar-refractivity contribution in [2.45, 2.75) is 6.42 Å².